The fraction of sp³-hybridized carbons (Fsp3) is 0.667. The highest BCUT2D eigenvalue weighted by molar-refractivity contribution is 5.91. The van der Waals surface area contributed by atoms with Gasteiger partial charge in [-0.1, -0.05) is 0 Å². The first kappa shape index (κ1) is 15.7. The van der Waals surface area contributed by atoms with Crippen LogP contribution in [-0.2, 0) is 4.74 Å². The molecule has 0 saturated carbocycles. The molecular formula is C15H24N4O2. The van der Waals surface area contributed by atoms with E-state index < -0.39 is 0 Å². The minimum absolute atomic E-state index is 0.135. The molecule has 2 heterocycles. The molecule has 2 rings (SSSR count). The van der Waals surface area contributed by atoms with Gasteiger partial charge in [0, 0.05) is 27.2 Å². The van der Waals surface area contributed by atoms with Crippen LogP contribution >= 0.6 is 0 Å². The number of carbonyl (C=O) groups is 1. The number of rotatable bonds is 7. The lowest BCUT2D eigenvalue weighted by Gasteiger charge is -2.11. The summed E-state index contributed by atoms with van der Waals surface area (Å²) in [5.41, 5.74) is 0.365. The van der Waals surface area contributed by atoms with Gasteiger partial charge < -0.3 is 15.0 Å². The van der Waals surface area contributed by atoms with Crippen molar-refractivity contribution in [2.24, 2.45) is 0 Å². The van der Waals surface area contributed by atoms with Crippen LogP contribution in [0.4, 0.5) is 5.82 Å². The lowest BCUT2D eigenvalue weighted by Crippen LogP contribution is -2.23. The second-order valence-corrected chi connectivity index (χ2v) is 5.55. The number of aromatic nitrogens is 2. The zero-order valence-electron chi connectivity index (χ0n) is 12.8. The van der Waals surface area contributed by atoms with E-state index in [0.29, 0.717) is 17.6 Å². The summed E-state index contributed by atoms with van der Waals surface area (Å²) < 4.78 is 5.60. The van der Waals surface area contributed by atoms with Gasteiger partial charge >= 0.3 is 0 Å². The zero-order valence-corrected chi connectivity index (χ0v) is 12.8. The van der Waals surface area contributed by atoms with E-state index in [-0.39, 0.29) is 5.91 Å². The summed E-state index contributed by atoms with van der Waals surface area (Å²) in [6.45, 7) is 1.76. The number of hydrogen-bond donors (Lipinski definition) is 1. The molecule has 0 radical (unpaired) electrons. The molecule has 116 valence electrons. The third-order valence-corrected chi connectivity index (χ3v) is 3.54. The molecule has 0 spiro atoms. The minimum atomic E-state index is -0.135. The summed E-state index contributed by atoms with van der Waals surface area (Å²) in [6.07, 6.45) is 9.34. The lowest BCUT2D eigenvalue weighted by molar-refractivity contribution is 0.0821. The number of unbranched alkanes of at least 4 members (excludes halogenated alkanes) is 1. The largest absolute Gasteiger partial charge is 0.378 e. The lowest BCUT2D eigenvalue weighted by atomic mass is 10.1. The molecule has 21 heavy (non-hydrogen) atoms. The molecule has 1 aromatic heterocycles. The van der Waals surface area contributed by atoms with Crippen molar-refractivity contribution in [1.82, 2.24) is 14.9 Å². The number of hydrogen-bond acceptors (Lipinski definition) is 5. The molecule has 6 nitrogen and oxygen atoms in total. The van der Waals surface area contributed by atoms with E-state index in [1.165, 1.54) is 23.9 Å². The van der Waals surface area contributed by atoms with Crippen molar-refractivity contribution < 1.29 is 9.53 Å². The monoisotopic (exact) mass is 292 g/mol. The Balaban J connectivity index is 1.70. The van der Waals surface area contributed by atoms with Gasteiger partial charge in [0.15, 0.2) is 0 Å². The summed E-state index contributed by atoms with van der Waals surface area (Å²) in [6, 6.07) is 0. The average molecular weight is 292 g/mol. The molecule has 0 aromatic carbocycles. The Kier molecular flexibility index (Phi) is 5.92. The van der Waals surface area contributed by atoms with Gasteiger partial charge in [0.1, 0.15) is 11.5 Å². The van der Waals surface area contributed by atoms with E-state index in [2.05, 4.69) is 15.3 Å². The van der Waals surface area contributed by atoms with Gasteiger partial charge in [0.25, 0.3) is 5.91 Å². The Morgan fingerprint density at radius 2 is 2.29 bits per heavy atom. The maximum Gasteiger partial charge on any atom is 0.273 e. The Labute approximate surface area is 125 Å². The summed E-state index contributed by atoms with van der Waals surface area (Å²) in [5.74, 6) is 0.518. The quantitative estimate of drug-likeness (QED) is 0.778. The molecule has 0 aliphatic carbocycles. The number of nitrogens with zero attached hydrogens (tertiary/aromatic N) is 3. The summed E-state index contributed by atoms with van der Waals surface area (Å²) in [7, 11) is 3.41. The van der Waals surface area contributed by atoms with Gasteiger partial charge in [-0.25, -0.2) is 4.98 Å². The Morgan fingerprint density at radius 1 is 1.43 bits per heavy atom. The van der Waals surface area contributed by atoms with E-state index in [1.807, 2.05) is 0 Å². The third-order valence-electron chi connectivity index (χ3n) is 3.54. The number of amides is 1. The van der Waals surface area contributed by atoms with Crippen LogP contribution in [0.15, 0.2) is 12.4 Å². The van der Waals surface area contributed by atoms with Crippen LogP contribution in [0.3, 0.4) is 0 Å². The molecule has 0 bridgehead atoms. The Hall–Kier alpha value is -1.69. The summed E-state index contributed by atoms with van der Waals surface area (Å²) >= 11 is 0. The van der Waals surface area contributed by atoms with Gasteiger partial charge in [-0.2, -0.15) is 0 Å². The van der Waals surface area contributed by atoms with E-state index in [0.717, 1.165) is 32.4 Å². The Bertz CT molecular complexity index is 459. The van der Waals surface area contributed by atoms with Gasteiger partial charge in [-0.15, -0.1) is 0 Å². The van der Waals surface area contributed by atoms with Gasteiger partial charge in [-0.05, 0) is 32.1 Å². The molecule has 1 aliphatic heterocycles. The van der Waals surface area contributed by atoms with Crippen LogP contribution in [-0.4, -0.2) is 54.1 Å². The predicted molar refractivity (Wildman–Crippen MR) is 81.4 cm³/mol. The van der Waals surface area contributed by atoms with Crippen molar-refractivity contribution in [3.63, 3.8) is 0 Å². The van der Waals surface area contributed by atoms with Crippen LogP contribution in [0.25, 0.3) is 0 Å². The highest BCUT2D eigenvalue weighted by Gasteiger charge is 2.14. The predicted octanol–water partition coefficient (Wildman–Crippen LogP) is 1.94. The average Bonchev–Trinajstić information content (AvgIpc) is 2.99. The molecule has 1 fully saturated rings. The topological polar surface area (TPSA) is 67.4 Å². The fourth-order valence-corrected chi connectivity index (χ4v) is 2.37. The smallest absolute Gasteiger partial charge is 0.273 e. The summed E-state index contributed by atoms with van der Waals surface area (Å²) in [5, 5.41) is 3.22. The van der Waals surface area contributed by atoms with Crippen molar-refractivity contribution in [2.45, 2.75) is 38.2 Å². The number of anilines is 1. The van der Waals surface area contributed by atoms with Crippen LogP contribution in [0, 0.1) is 0 Å². The first-order valence-electron chi connectivity index (χ1n) is 7.56. The molecule has 1 N–H and O–H groups in total. The van der Waals surface area contributed by atoms with Gasteiger partial charge in [-0.3, -0.25) is 9.78 Å². The van der Waals surface area contributed by atoms with Gasteiger partial charge in [0.05, 0.1) is 18.5 Å². The SMILES string of the molecule is CN(C)C(=O)c1cncc(NCCCC[C@H]2CCCO2)n1. The van der Waals surface area contributed by atoms with Crippen LogP contribution < -0.4 is 5.32 Å². The zero-order chi connectivity index (χ0) is 15.1. The normalized spacial score (nSPS) is 17.7. The van der Waals surface area contributed by atoms with E-state index >= 15 is 0 Å². The molecule has 1 amide bonds. The fourth-order valence-electron chi connectivity index (χ4n) is 2.37. The van der Waals surface area contributed by atoms with E-state index in [1.54, 1.807) is 20.3 Å². The van der Waals surface area contributed by atoms with Crippen LogP contribution in [0.1, 0.15) is 42.6 Å². The molecule has 1 aliphatic rings. The molecule has 1 atom stereocenters. The van der Waals surface area contributed by atoms with Crippen LogP contribution in [0.2, 0.25) is 0 Å². The van der Waals surface area contributed by atoms with Crippen molar-refractivity contribution in [3.8, 4) is 0 Å². The highest BCUT2D eigenvalue weighted by Crippen LogP contribution is 2.17. The van der Waals surface area contributed by atoms with Crippen molar-refractivity contribution >= 4 is 11.7 Å². The highest BCUT2D eigenvalue weighted by atomic mass is 16.5. The van der Waals surface area contributed by atoms with Gasteiger partial charge in [0.2, 0.25) is 0 Å². The standard InChI is InChI=1S/C15H24N4O2/c1-19(2)15(20)13-10-16-11-14(18-13)17-8-4-3-6-12-7-5-9-21-12/h10-12H,3-9H2,1-2H3,(H,17,18)/t12-/m0/s1. The molecule has 6 heteroatoms. The van der Waals surface area contributed by atoms with E-state index in [4.69, 9.17) is 4.74 Å². The van der Waals surface area contributed by atoms with Crippen molar-refractivity contribution in [1.29, 1.82) is 0 Å². The maximum atomic E-state index is 11.8. The molecule has 0 unspecified atom stereocenters. The third kappa shape index (κ3) is 4.97. The summed E-state index contributed by atoms with van der Waals surface area (Å²) in [4.78, 5) is 21.6. The Morgan fingerprint density at radius 3 is 3.00 bits per heavy atom. The number of carbonyl (C=O) groups excluding carboxylic acids is 1. The molecule has 1 aromatic rings. The van der Waals surface area contributed by atoms with Crippen LogP contribution in [0.5, 0.6) is 0 Å². The first-order chi connectivity index (χ1) is 10.2. The molecule has 1 saturated heterocycles. The number of nitrogens with one attached hydrogen (secondary N) is 1. The first-order valence-corrected chi connectivity index (χ1v) is 7.56. The number of ether oxygens (including phenoxy) is 1. The van der Waals surface area contributed by atoms with Crippen molar-refractivity contribution in [2.75, 3.05) is 32.6 Å². The van der Waals surface area contributed by atoms with E-state index in [9.17, 15) is 4.79 Å². The second-order valence-electron chi connectivity index (χ2n) is 5.55. The van der Waals surface area contributed by atoms with Crippen molar-refractivity contribution in [3.05, 3.63) is 18.1 Å². The second kappa shape index (κ2) is 7.93. The maximum absolute atomic E-state index is 11.8. The molecular weight excluding hydrogens is 268 g/mol. The minimum Gasteiger partial charge on any atom is -0.378 e.